The van der Waals surface area contributed by atoms with E-state index >= 15 is 0 Å². The second-order valence-electron chi connectivity index (χ2n) is 6.41. The third-order valence-corrected chi connectivity index (χ3v) is 5.86. The summed E-state index contributed by atoms with van der Waals surface area (Å²) in [4.78, 5) is 23.6. The summed E-state index contributed by atoms with van der Waals surface area (Å²) in [7, 11) is -1.05. The molecule has 0 fully saturated rings. The third kappa shape index (κ3) is 3.09. The molecule has 0 radical (unpaired) electrons. The highest BCUT2D eigenvalue weighted by Crippen LogP contribution is 2.32. The largest absolute Gasteiger partial charge is 0.306 e. The van der Waals surface area contributed by atoms with E-state index in [0.717, 1.165) is 11.3 Å². The minimum absolute atomic E-state index is 0.115. The predicted molar refractivity (Wildman–Crippen MR) is 105 cm³/mol. The summed E-state index contributed by atoms with van der Waals surface area (Å²) in [5, 5.41) is 18.5. The van der Waals surface area contributed by atoms with Crippen LogP contribution in [0.4, 0.5) is 11.5 Å². The zero-order valence-corrected chi connectivity index (χ0v) is 15.7. The zero-order valence-electron chi connectivity index (χ0n) is 14.9. The normalized spacial score (nSPS) is 15.2. The van der Waals surface area contributed by atoms with Crippen LogP contribution in [0, 0.1) is 17.0 Å². The van der Waals surface area contributed by atoms with Gasteiger partial charge in [0.2, 0.25) is 0 Å². The molecule has 1 aliphatic heterocycles. The number of carbonyl (C=O) groups is 1. The van der Waals surface area contributed by atoms with Gasteiger partial charge in [0.15, 0.2) is 0 Å². The smallest absolute Gasteiger partial charge is 0.273 e. The van der Waals surface area contributed by atoms with Gasteiger partial charge in [-0.15, -0.1) is 0 Å². The molecule has 0 saturated heterocycles. The number of nitrogens with zero attached hydrogens (tertiary/aromatic N) is 3. The van der Waals surface area contributed by atoms with Crippen LogP contribution in [0.2, 0.25) is 0 Å². The number of para-hydroxylation sites is 1. The fraction of sp³-hybridized carbons (Fsp3) is 0.158. The molecule has 0 bridgehead atoms. The number of aromatic nitrogens is 2. The minimum Gasteiger partial charge on any atom is -0.306 e. The summed E-state index contributed by atoms with van der Waals surface area (Å²) >= 11 is 0. The van der Waals surface area contributed by atoms with Gasteiger partial charge in [0.05, 0.1) is 27.8 Å². The highest BCUT2D eigenvalue weighted by molar-refractivity contribution is 7.83. The lowest BCUT2D eigenvalue weighted by molar-refractivity contribution is -0.385. The standard InChI is InChI=1S/C19H16N4O4S/c1-12-14(8-5-9-17(12)23(25)26)19(24)20-18-15-10-28(27)11-16(15)21-22(18)13-6-3-2-4-7-13/h2-9H,10-11H2,1H3,(H,20,24)/t28-/m1/s1. The summed E-state index contributed by atoms with van der Waals surface area (Å²) in [5.74, 6) is 0.626. The van der Waals surface area contributed by atoms with E-state index in [0.29, 0.717) is 23.0 Å². The fourth-order valence-electron chi connectivity index (χ4n) is 3.25. The Labute approximate surface area is 162 Å². The Morgan fingerprint density at radius 1 is 1.18 bits per heavy atom. The number of hydrogen-bond acceptors (Lipinski definition) is 5. The van der Waals surface area contributed by atoms with E-state index in [1.807, 2.05) is 30.3 Å². The molecule has 28 heavy (non-hydrogen) atoms. The van der Waals surface area contributed by atoms with E-state index in [9.17, 15) is 19.1 Å². The Morgan fingerprint density at radius 3 is 2.64 bits per heavy atom. The summed E-state index contributed by atoms with van der Waals surface area (Å²) in [6.07, 6.45) is 0. The van der Waals surface area contributed by atoms with Gasteiger partial charge in [-0.2, -0.15) is 5.10 Å². The lowest BCUT2D eigenvalue weighted by Gasteiger charge is -2.12. The Kier molecular flexibility index (Phi) is 4.52. The first-order chi connectivity index (χ1) is 13.5. The van der Waals surface area contributed by atoms with Crippen molar-refractivity contribution in [3.05, 3.63) is 81.0 Å². The maximum atomic E-state index is 12.9. The molecule has 1 aliphatic rings. The molecule has 0 spiro atoms. The van der Waals surface area contributed by atoms with Crippen LogP contribution in [0.5, 0.6) is 0 Å². The van der Waals surface area contributed by atoms with Crippen LogP contribution < -0.4 is 5.32 Å². The van der Waals surface area contributed by atoms with Gasteiger partial charge in [0, 0.05) is 33.6 Å². The number of nitrogens with one attached hydrogen (secondary N) is 1. The second kappa shape index (κ2) is 7.01. The average Bonchev–Trinajstić information content (AvgIpc) is 3.19. The Hall–Kier alpha value is -3.33. The van der Waals surface area contributed by atoms with Gasteiger partial charge in [0.25, 0.3) is 11.6 Å². The van der Waals surface area contributed by atoms with Gasteiger partial charge in [-0.05, 0) is 25.1 Å². The first-order valence-electron chi connectivity index (χ1n) is 8.52. The number of benzene rings is 2. The van der Waals surface area contributed by atoms with Crippen LogP contribution in [0.15, 0.2) is 48.5 Å². The van der Waals surface area contributed by atoms with Gasteiger partial charge in [-0.25, -0.2) is 4.68 Å². The summed E-state index contributed by atoms with van der Waals surface area (Å²) in [6, 6.07) is 13.7. The maximum Gasteiger partial charge on any atom is 0.273 e. The van der Waals surface area contributed by atoms with Crippen LogP contribution in [-0.4, -0.2) is 24.8 Å². The average molecular weight is 396 g/mol. The first kappa shape index (κ1) is 18.1. The van der Waals surface area contributed by atoms with Crippen LogP contribution in [0.25, 0.3) is 5.69 Å². The molecule has 2 aromatic carbocycles. The van der Waals surface area contributed by atoms with Crippen LogP contribution in [0.1, 0.15) is 27.2 Å². The molecule has 9 heteroatoms. The summed E-state index contributed by atoms with van der Waals surface area (Å²) in [5.41, 5.74) is 2.56. The predicted octanol–water partition coefficient (Wildman–Crippen LogP) is 3.10. The molecule has 3 aromatic rings. The highest BCUT2D eigenvalue weighted by Gasteiger charge is 2.29. The van der Waals surface area contributed by atoms with E-state index < -0.39 is 21.6 Å². The number of rotatable bonds is 4. The van der Waals surface area contributed by atoms with Crippen molar-refractivity contribution in [1.29, 1.82) is 0 Å². The number of hydrogen-bond donors (Lipinski definition) is 1. The maximum absolute atomic E-state index is 12.9. The number of fused-ring (bicyclic) bond motifs is 1. The van der Waals surface area contributed by atoms with Crippen LogP contribution in [0.3, 0.4) is 0 Å². The van der Waals surface area contributed by atoms with Crippen molar-refractivity contribution in [2.24, 2.45) is 0 Å². The van der Waals surface area contributed by atoms with Crippen molar-refractivity contribution in [2.45, 2.75) is 18.4 Å². The van der Waals surface area contributed by atoms with Crippen LogP contribution >= 0.6 is 0 Å². The van der Waals surface area contributed by atoms with E-state index in [4.69, 9.17) is 0 Å². The molecule has 0 unspecified atom stereocenters. The van der Waals surface area contributed by atoms with Gasteiger partial charge < -0.3 is 5.32 Å². The van der Waals surface area contributed by atoms with Gasteiger partial charge >= 0.3 is 0 Å². The highest BCUT2D eigenvalue weighted by atomic mass is 32.2. The lowest BCUT2D eigenvalue weighted by Crippen LogP contribution is -2.18. The summed E-state index contributed by atoms with van der Waals surface area (Å²) < 4.78 is 13.6. The van der Waals surface area contributed by atoms with Gasteiger partial charge in [-0.3, -0.25) is 19.1 Å². The number of nitro benzene ring substituents is 1. The minimum atomic E-state index is -1.05. The molecule has 2 heterocycles. The molecule has 142 valence electrons. The molecular formula is C19H16N4O4S. The fourth-order valence-corrected chi connectivity index (χ4v) is 4.52. The molecule has 1 N–H and O–H groups in total. The molecule has 0 saturated carbocycles. The van der Waals surface area contributed by atoms with E-state index in [2.05, 4.69) is 10.4 Å². The number of anilines is 1. The van der Waals surface area contributed by atoms with E-state index in [1.165, 1.54) is 12.1 Å². The van der Waals surface area contributed by atoms with Crippen molar-refractivity contribution < 1.29 is 13.9 Å². The summed E-state index contributed by atoms with van der Waals surface area (Å²) in [6.45, 7) is 1.54. The molecule has 0 aliphatic carbocycles. The van der Waals surface area contributed by atoms with E-state index in [1.54, 1.807) is 17.7 Å². The monoisotopic (exact) mass is 396 g/mol. The molecule has 1 aromatic heterocycles. The molecule has 1 atom stereocenters. The molecule has 4 rings (SSSR count). The molecular weight excluding hydrogens is 380 g/mol. The quantitative estimate of drug-likeness (QED) is 0.539. The van der Waals surface area contributed by atoms with Gasteiger partial charge in [0.1, 0.15) is 5.82 Å². The van der Waals surface area contributed by atoms with Crippen molar-refractivity contribution in [1.82, 2.24) is 9.78 Å². The zero-order chi connectivity index (χ0) is 19.8. The topological polar surface area (TPSA) is 107 Å². The number of amides is 1. The van der Waals surface area contributed by atoms with Gasteiger partial charge in [-0.1, -0.05) is 24.3 Å². The molecule has 1 amide bonds. The van der Waals surface area contributed by atoms with Crippen molar-refractivity contribution in [3.63, 3.8) is 0 Å². The van der Waals surface area contributed by atoms with Crippen molar-refractivity contribution >= 4 is 28.2 Å². The Morgan fingerprint density at radius 2 is 1.93 bits per heavy atom. The van der Waals surface area contributed by atoms with Crippen LogP contribution in [-0.2, 0) is 22.3 Å². The Bertz CT molecular complexity index is 1120. The first-order valence-corrected chi connectivity index (χ1v) is 10.0. The van der Waals surface area contributed by atoms with Crippen molar-refractivity contribution in [2.75, 3.05) is 5.32 Å². The lowest BCUT2D eigenvalue weighted by atomic mass is 10.1. The third-order valence-electron chi connectivity index (χ3n) is 4.65. The second-order valence-corrected chi connectivity index (χ2v) is 7.87. The van der Waals surface area contributed by atoms with Crippen molar-refractivity contribution in [3.8, 4) is 5.69 Å². The molecule has 8 nitrogen and oxygen atoms in total. The Balaban J connectivity index is 1.76. The number of nitro groups is 1. The van der Waals surface area contributed by atoms with E-state index in [-0.39, 0.29) is 16.8 Å². The number of carbonyl (C=O) groups excluding carboxylic acids is 1. The SMILES string of the molecule is Cc1c(C(=O)Nc2c3c(nn2-c2ccccc2)C[S@](=O)C3)cccc1[N+](=O)[O-].